The molecule has 1 saturated carbocycles. The fourth-order valence-corrected chi connectivity index (χ4v) is 9.91. The van der Waals surface area contributed by atoms with Gasteiger partial charge >= 0.3 is 0 Å². The van der Waals surface area contributed by atoms with Gasteiger partial charge in [-0.3, -0.25) is 14.4 Å². The van der Waals surface area contributed by atoms with Crippen LogP contribution in [0.3, 0.4) is 0 Å². The van der Waals surface area contributed by atoms with E-state index in [1.54, 1.807) is 29.3 Å². The van der Waals surface area contributed by atoms with Crippen molar-refractivity contribution in [2.75, 3.05) is 31.6 Å². The zero-order valence-corrected chi connectivity index (χ0v) is 40.7. The van der Waals surface area contributed by atoms with E-state index in [9.17, 15) is 24.8 Å². The third-order valence-corrected chi connectivity index (χ3v) is 13.5. The van der Waals surface area contributed by atoms with Crippen molar-refractivity contribution in [3.05, 3.63) is 119 Å². The number of nitriles is 1. The highest BCUT2D eigenvalue weighted by Gasteiger charge is 2.64. The highest BCUT2D eigenvalue weighted by atomic mass is 35.5. The average molecular weight is 933 g/mol. The van der Waals surface area contributed by atoms with E-state index in [4.69, 9.17) is 21.1 Å². The summed E-state index contributed by atoms with van der Waals surface area (Å²) < 4.78 is 12.1. The zero-order chi connectivity index (χ0) is 48.5. The second-order valence-corrected chi connectivity index (χ2v) is 20.6. The molecule has 1 saturated heterocycles. The van der Waals surface area contributed by atoms with Crippen molar-refractivity contribution in [1.29, 1.82) is 5.26 Å². The first kappa shape index (κ1) is 50.6. The lowest BCUT2D eigenvalue weighted by atomic mass is 9.49. The minimum absolute atomic E-state index is 0.0487. The highest BCUT2D eigenvalue weighted by molar-refractivity contribution is 6.31. The number of anilines is 1. The maximum absolute atomic E-state index is 14.1. The molecule has 4 aromatic rings. The third-order valence-electron chi connectivity index (χ3n) is 13.2. The fraction of sp³-hybridized carbons (Fsp3) is 0.472. The van der Waals surface area contributed by atoms with Gasteiger partial charge in [-0.05, 0) is 78.8 Å². The van der Waals surface area contributed by atoms with Crippen molar-refractivity contribution in [3.8, 4) is 23.1 Å². The molecule has 13 nitrogen and oxygen atoms in total. The minimum Gasteiger partial charge on any atom is -0.489 e. The van der Waals surface area contributed by atoms with Crippen molar-refractivity contribution in [1.82, 2.24) is 25.7 Å². The van der Waals surface area contributed by atoms with Crippen LogP contribution in [0, 0.1) is 33.5 Å². The standard InChI is InChI=1S/C53H66ClN7O6/c1-34(57-31-35-14-16-36(17-15-35)45-13-12-25-58-60-45)46-28-40(62)32-61(46)48(65)43(51(2,3)4)27-41(63)33-66-26-11-9-10-24-56-39-21-18-37(19-22-39)47(64)59-49-52(5,6)50(53(49,7)8)67-42-23-20-38(30-55)44(54)29-42/h12-23,25,29,40,43,46,49-50,56-57,62H,1,9-11,24,26-28,31-33H2,2-8H3,(H,59,64)/t40-,43-,46+,49?,50?/m1/s1. The number of likely N-dealkylation sites (tertiary alicyclic amines) is 1. The number of aliphatic hydroxyl groups excluding tert-OH is 1. The molecular weight excluding hydrogens is 866 g/mol. The number of ether oxygens (including phenoxy) is 2. The number of rotatable bonds is 21. The summed E-state index contributed by atoms with van der Waals surface area (Å²) in [7, 11) is 0. The predicted molar refractivity (Wildman–Crippen MR) is 261 cm³/mol. The Morgan fingerprint density at radius 1 is 1.00 bits per heavy atom. The lowest BCUT2D eigenvalue weighted by molar-refractivity contribution is -0.164. The number of nitrogens with zero attached hydrogens (tertiary/aromatic N) is 4. The number of β-amino-alcohol motifs (C(OH)–C–C–N with tert-alkyl or cyclic N) is 1. The first-order valence-electron chi connectivity index (χ1n) is 23.2. The molecular formula is C53H66ClN7O6. The number of unbranched alkanes of at least 4 members (excludes halogenated alkanes) is 2. The van der Waals surface area contributed by atoms with E-state index in [-0.39, 0.29) is 60.1 Å². The van der Waals surface area contributed by atoms with Gasteiger partial charge in [0, 0.05) is 96.6 Å². The van der Waals surface area contributed by atoms with Gasteiger partial charge in [0.25, 0.3) is 5.91 Å². The van der Waals surface area contributed by atoms with E-state index in [0.717, 1.165) is 48.3 Å². The molecule has 3 atom stereocenters. The SMILES string of the molecule is C=C(NCc1ccc(-c2cccnn2)cc1)[C@@H]1C[C@@H](O)CN1C(=O)[C@@H](CC(=O)COCCCCCNc1ccc(C(=O)NC2C(C)(C)C(Oc3ccc(C#N)c(Cl)c3)C2(C)C)cc1)C(C)(C)C. The number of halogens is 1. The summed E-state index contributed by atoms with van der Waals surface area (Å²) >= 11 is 6.24. The smallest absolute Gasteiger partial charge is 0.251 e. The zero-order valence-electron chi connectivity index (χ0n) is 39.9. The molecule has 356 valence electrons. The van der Waals surface area contributed by atoms with E-state index < -0.39 is 23.5 Å². The first-order chi connectivity index (χ1) is 31.8. The normalized spacial score (nSPS) is 19.9. The summed E-state index contributed by atoms with van der Waals surface area (Å²) in [6.45, 7) is 20.2. The van der Waals surface area contributed by atoms with Gasteiger partial charge in [-0.25, -0.2) is 0 Å². The van der Waals surface area contributed by atoms with E-state index in [1.165, 1.54) is 0 Å². The maximum atomic E-state index is 14.1. The van der Waals surface area contributed by atoms with Gasteiger partial charge in [0.05, 0.1) is 28.4 Å². The average Bonchev–Trinajstić information content (AvgIpc) is 3.70. The number of carbonyl (C=O) groups excluding carboxylic acids is 3. The van der Waals surface area contributed by atoms with Gasteiger partial charge in [-0.1, -0.05) is 90.9 Å². The van der Waals surface area contributed by atoms with Crippen molar-refractivity contribution in [2.24, 2.45) is 22.2 Å². The predicted octanol–water partition coefficient (Wildman–Crippen LogP) is 8.77. The highest BCUT2D eigenvalue weighted by Crippen LogP contribution is 2.55. The Hall–Kier alpha value is -5.81. The number of amides is 2. The summed E-state index contributed by atoms with van der Waals surface area (Å²) in [5, 5.41) is 38.4. The summed E-state index contributed by atoms with van der Waals surface area (Å²) in [5.41, 5.74) is 4.06. The number of hydrogen-bond donors (Lipinski definition) is 4. The molecule has 2 fully saturated rings. The molecule has 67 heavy (non-hydrogen) atoms. The number of ketones is 1. The van der Waals surface area contributed by atoms with Crippen LogP contribution in [-0.4, -0.2) is 88.4 Å². The molecule has 1 aliphatic carbocycles. The van der Waals surface area contributed by atoms with Gasteiger partial charge in [-0.2, -0.15) is 15.5 Å². The summed E-state index contributed by atoms with van der Waals surface area (Å²) in [5.74, 6) is -0.457. The van der Waals surface area contributed by atoms with Gasteiger partial charge in [-0.15, -0.1) is 0 Å². The van der Waals surface area contributed by atoms with Crippen molar-refractivity contribution < 1.29 is 29.0 Å². The third kappa shape index (κ3) is 12.6. The Balaban J connectivity index is 0.877. The summed E-state index contributed by atoms with van der Waals surface area (Å²) in [6.07, 6.45) is 3.74. The van der Waals surface area contributed by atoms with Gasteiger partial charge < -0.3 is 35.4 Å². The van der Waals surface area contributed by atoms with E-state index in [0.29, 0.717) is 47.2 Å². The van der Waals surface area contributed by atoms with E-state index >= 15 is 0 Å². The van der Waals surface area contributed by atoms with Gasteiger partial charge in [0.2, 0.25) is 5.91 Å². The van der Waals surface area contributed by atoms with Crippen LogP contribution in [-0.2, 0) is 20.9 Å². The van der Waals surface area contributed by atoms with Crippen LogP contribution in [0.4, 0.5) is 5.69 Å². The van der Waals surface area contributed by atoms with Crippen LogP contribution in [0.5, 0.6) is 5.75 Å². The number of carbonyl (C=O) groups is 3. The molecule has 14 heteroatoms. The van der Waals surface area contributed by atoms with Crippen LogP contribution < -0.4 is 20.7 Å². The van der Waals surface area contributed by atoms with Crippen LogP contribution >= 0.6 is 11.6 Å². The molecule has 0 unspecified atom stereocenters. The molecule has 2 aliphatic rings. The Kier molecular flexibility index (Phi) is 16.5. The number of hydrogen-bond acceptors (Lipinski definition) is 11. The van der Waals surface area contributed by atoms with Crippen LogP contribution in [0.25, 0.3) is 11.3 Å². The van der Waals surface area contributed by atoms with Crippen molar-refractivity contribution in [3.63, 3.8) is 0 Å². The minimum atomic E-state index is -0.688. The van der Waals surface area contributed by atoms with Gasteiger partial charge in [0.15, 0.2) is 5.78 Å². The van der Waals surface area contributed by atoms with Crippen LogP contribution in [0.15, 0.2) is 97.3 Å². The fourth-order valence-electron chi connectivity index (χ4n) is 9.69. The molecule has 3 aromatic carbocycles. The Morgan fingerprint density at radius 3 is 2.36 bits per heavy atom. The lowest BCUT2D eigenvalue weighted by Crippen LogP contribution is -2.74. The molecule has 0 spiro atoms. The first-order valence-corrected chi connectivity index (χ1v) is 23.6. The Bertz CT molecular complexity index is 2380. The summed E-state index contributed by atoms with van der Waals surface area (Å²) in [6, 6.07) is 25.8. The number of Topliss-reactive ketones (excluding diaryl/α,β-unsaturated/α-hetero) is 1. The topological polar surface area (TPSA) is 179 Å². The van der Waals surface area contributed by atoms with Crippen LogP contribution in [0.1, 0.15) is 102 Å². The molecule has 2 heterocycles. The molecule has 4 N–H and O–H groups in total. The van der Waals surface area contributed by atoms with Crippen LogP contribution in [0.2, 0.25) is 5.02 Å². The number of aliphatic hydroxyl groups is 1. The Morgan fingerprint density at radius 2 is 1.72 bits per heavy atom. The number of benzene rings is 3. The molecule has 6 rings (SSSR count). The number of aromatic nitrogens is 2. The largest absolute Gasteiger partial charge is 0.489 e. The number of nitrogens with one attached hydrogen (secondary N) is 3. The maximum Gasteiger partial charge on any atom is 0.251 e. The molecule has 1 aromatic heterocycles. The Labute approximate surface area is 400 Å². The molecule has 2 amide bonds. The monoisotopic (exact) mass is 931 g/mol. The van der Waals surface area contributed by atoms with Crippen molar-refractivity contribution >= 4 is 34.9 Å². The molecule has 0 radical (unpaired) electrons. The van der Waals surface area contributed by atoms with E-state index in [1.807, 2.05) is 81.4 Å². The summed E-state index contributed by atoms with van der Waals surface area (Å²) in [4.78, 5) is 42.4. The molecule has 1 aliphatic heterocycles. The quantitative estimate of drug-likeness (QED) is 0.0587. The van der Waals surface area contributed by atoms with Gasteiger partial charge in [0.1, 0.15) is 24.5 Å². The second kappa shape index (κ2) is 21.9. The van der Waals surface area contributed by atoms with Crippen molar-refractivity contribution in [2.45, 2.75) is 111 Å². The molecule has 0 bridgehead atoms. The van der Waals surface area contributed by atoms with E-state index in [2.05, 4.69) is 66.5 Å². The lowest BCUT2D eigenvalue weighted by Gasteiger charge is -2.63. The second-order valence-electron chi connectivity index (χ2n) is 20.2.